The summed E-state index contributed by atoms with van der Waals surface area (Å²) in [6.45, 7) is 0. The van der Waals surface area contributed by atoms with Gasteiger partial charge in [-0.15, -0.1) is 0 Å². The van der Waals surface area contributed by atoms with Crippen molar-refractivity contribution in [1.29, 1.82) is 0 Å². The number of para-hydroxylation sites is 1. The summed E-state index contributed by atoms with van der Waals surface area (Å²) in [6, 6.07) is 32.3. The van der Waals surface area contributed by atoms with Gasteiger partial charge >= 0.3 is 0 Å². The minimum absolute atomic E-state index is 0.0993. The molecule has 0 fully saturated rings. The second-order valence-corrected chi connectivity index (χ2v) is 17.8. The first-order chi connectivity index (χ1) is 45.4. The highest BCUT2D eigenvalue weighted by molar-refractivity contribution is 6.05. The lowest BCUT2D eigenvalue weighted by molar-refractivity contribution is 0.768. The van der Waals surface area contributed by atoms with E-state index in [-0.39, 0.29) is 5.69 Å². The maximum atomic E-state index is 10.7. The maximum absolute atomic E-state index is 10.7. The molecule has 1 nitrogen and oxygen atoms in total. The van der Waals surface area contributed by atoms with Crippen molar-refractivity contribution in [1.82, 2.24) is 0 Å². The predicted molar refractivity (Wildman–Crippen MR) is 304 cm³/mol. The zero-order valence-corrected chi connectivity index (χ0v) is 38.5. The molecule has 12 aromatic carbocycles. The fourth-order valence-electron chi connectivity index (χ4n) is 11.3. The van der Waals surface area contributed by atoms with Gasteiger partial charge in [0.25, 0.3) is 0 Å². The Morgan fingerprint density at radius 3 is 1.56 bits per heavy atom. The summed E-state index contributed by atoms with van der Waals surface area (Å²) < 4.78 is 206. The summed E-state index contributed by atoms with van der Waals surface area (Å²) >= 11 is 0. The van der Waals surface area contributed by atoms with Gasteiger partial charge < -0.3 is 4.90 Å². The van der Waals surface area contributed by atoms with E-state index in [1.165, 1.54) is 12.1 Å². The first-order valence-electron chi connectivity index (χ1n) is 34.6. The van der Waals surface area contributed by atoms with Crippen LogP contribution in [0.3, 0.4) is 0 Å². The van der Waals surface area contributed by atoms with Gasteiger partial charge in [-0.25, -0.2) is 0 Å². The van der Waals surface area contributed by atoms with E-state index >= 15 is 0 Å². The van der Waals surface area contributed by atoms with Gasteiger partial charge in [-0.05, 0) is 142 Å². The fourth-order valence-corrected chi connectivity index (χ4v) is 11.3. The van der Waals surface area contributed by atoms with Crippen molar-refractivity contribution in [2.45, 2.75) is 10.8 Å². The molecular weight excluding hydrogens is 879 g/mol. The van der Waals surface area contributed by atoms with Gasteiger partial charge in [0.15, 0.2) is 0 Å². The largest absolute Gasteiger partial charge is 0.310 e. The molecule has 12 aromatic rings. The monoisotopic (exact) mass is 950 g/mol. The average Bonchev–Trinajstić information content (AvgIpc) is 1.52. The Bertz CT molecular complexity index is 5150. The third-order valence-corrected chi connectivity index (χ3v) is 14.3. The maximum Gasteiger partial charge on any atom is 0.0714 e. The summed E-state index contributed by atoms with van der Waals surface area (Å²) in [7, 11) is 0. The van der Waals surface area contributed by atoms with Crippen molar-refractivity contribution >= 4 is 27.8 Å². The highest BCUT2D eigenvalue weighted by Crippen LogP contribution is 2.59. The number of hydrogen-bond donors (Lipinski definition) is 0. The standard InChI is InChI=1S/C72H49N/c1-6-23-53(24-7-1)71(54-25-8-2-9-26-54)66-36-20-18-34-62(66)64-46-41-52(48-68(64)71)70-60-33-17-16-22-50(60)40-45-61(70)51-38-42-58(43-39-51)73(57-31-14-5-15-32-57)59-44-47-65-63-35-19-21-37-67(63)72(69(65)49-59,55-27-10-3-11-28-55)56-29-12-4-13-30-56/h1-49H/i3D,4D,5D,10D,11D,12D,13D,14D,15D,19D,21D,27D,28D,29D,30D,31D,32D,35D,37D,44D,47D,49D. The molecule has 2 aliphatic rings. The van der Waals surface area contributed by atoms with Crippen LogP contribution in [0.4, 0.5) is 17.1 Å². The van der Waals surface area contributed by atoms with Gasteiger partial charge in [-0.1, -0.05) is 254 Å². The van der Waals surface area contributed by atoms with Gasteiger partial charge in [0.1, 0.15) is 0 Å². The van der Waals surface area contributed by atoms with Crippen LogP contribution in [0.2, 0.25) is 0 Å². The summed E-state index contributed by atoms with van der Waals surface area (Å²) in [6.07, 6.45) is 0. The summed E-state index contributed by atoms with van der Waals surface area (Å²) in [5.74, 6) is 0. The van der Waals surface area contributed by atoms with E-state index < -0.39 is 189 Å². The van der Waals surface area contributed by atoms with Crippen molar-refractivity contribution in [3.63, 3.8) is 0 Å². The molecule has 0 aromatic heterocycles. The molecule has 0 amide bonds. The van der Waals surface area contributed by atoms with Crippen LogP contribution in [0.15, 0.2) is 297 Å². The summed E-state index contributed by atoms with van der Waals surface area (Å²) in [4.78, 5) is 0.964. The third-order valence-electron chi connectivity index (χ3n) is 14.3. The van der Waals surface area contributed by atoms with Crippen molar-refractivity contribution < 1.29 is 30.2 Å². The summed E-state index contributed by atoms with van der Waals surface area (Å²) in [5.41, 5.74) is -0.925. The molecule has 0 unspecified atom stereocenters. The van der Waals surface area contributed by atoms with Crippen molar-refractivity contribution in [3.8, 4) is 44.5 Å². The predicted octanol–water partition coefficient (Wildman–Crippen LogP) is 18.4. The molecule has 0 N–H and O–H groups in total. The van der Waals surface area contributed by atoms with Gasteiger partial charge in [0.05, 0.1) is 41.0 Å². The Kier molecular flexibility index (Phi) is 6.07. The molecule has 0 aliphatic heterocycles. The SMILES string of the molecule is [2H]c1c([2H])c([2H])c(N(c2ccc(-c3ccc4ccccc4c3-c3ccc4c(c3)C(c3ccccc3)(c3ccccc3)c3ccccc3-4)cc2)c2c([2H])c([2H])c3c(c2[2H])C(c2c([2H])c([2H])c([2H])c([2H])c2[2H])(c2c([2H])c([2H])c([2H])c([2H])c2[2H])c2c([2H])c([2H])c([2H])c([2H])c2-3)c([2H])c1[2H]. The lowest BCUT2D eigenvalue weighted by Gasteiger charge is -2.35. The van der Waals surface area contributed by atoms with Crippen LogP contribution in [0, 0.1) is 0 Å². The topological polar surface area (TPSA) is 3.24 Å². The lowest BCUT2D eigenvalue weighted by atomic mass is 9.67. The van der Waals surface area contributed by atoms with Gasteiger partial charge in [0.2, 0.25) is 0 Å². The minimum atomic E-state index is -3.18. The van der Waals surface area contributed by atoms with Crippen LogP contribution in [0.5, 0.6) is 0 Å². The van der Waals surface area contributed by atoms with E-state index in [4.69, 9.17) is 15.1 Å². The smallest absolute Gasteiger partial charge is 0.0714 e. The Balaban J connectivity index is 1.07. The van der Waals surface area contributed by atoms with Crippen molar-refractivity contribution in [3.05, 3.63) is 341 Å². The Morgan fingerprint density at radius 2 is 0.849 bits per heavy atom. The zero-order valence-electron chi connectivity index (χ0n) is 60.5. The van der Waals surface area contributed by atoms with Crippen LogP contribution in [-0.2, 0) is 10.8 Å². The molecule has 14 rings (SSSR count). The van der Waals surface area contributed by atoms with Crippen LogP contribution < -0.4 is 4.90 Å². The molecule has 0 heterocycles. The van der Waals surface area contributed by atoms with Crippen LogP contribution in [0.1, 0.15) is 74.7 Å². The van der Waals surface area contributed by atoms with E-state index in [9.17, 15) is 15.1 Å². The molecular formula is C72H49N. The number of anilines is 3. The molecule has 0 bridgehead atoms. The van der Waals surface area contributed by atoms with Gasteiger partial charge in [-0.3, -0.25) is 0 Å². The zero-order chi connectivity index (χ0) is 67.5. The third kappa shape index (κ3) is 6.49. The lowest BCUT2D eigenvalue weighted by Crippen LogP contribution is -2.28. The number of rotatable bonds is 9. The highest BCUT2D eigenvalue weighted by Gasteiger charge is 2.47. The first-order valence-corrected chi connectivity index (χ1v) is 23.6. The highest BCUT2D eigenvalue weighted by atomic mass is 15.1. The molecule has 0 atom stereocenters. The molecule has 0 saturated heterocycles. The first kappa shape index (κ1) is 25.7. The van der Waals surface area contributed by atoms with Crippen LogP contribution >= 0.6 is 0 Å². The normalized spacial score (nSPS) is 17.6. The number of fused-ring (bicyclic) bond motifs is 7. The van der Waals surface area contributed by atoms with E-state index in [1.807, 2.05) is 78.9 Å². The molecule has 342 valence electrons. The summed E-state index contributed by atoms with van der Waals surface area (Å²) in [5, 5.41) is 1.81. The number of benzene rings is 12. The van der Waals surface area contributed by atoms with E-state index in [2.05, 4.69) is 60.7 Å². The molecule has 2 aliphatic carbocycles. The molecule has 1 heteroatoms. The van der Waals surface area contributed by atoms with Crippen LogP contribution in [-0.4, -0.2) is 0 Å². The van der Waals surface area contributed by atoms with Gasteiger partial charge in [-0.2, -0.15) is 0 Å². The van der Waals surface area contributed by atoms with E-state index in [0.29, 0.717) is 5.56 Å². The number of nitrogens with zero attached hydrogens (tertiary/aromatic N) is 1. The molecule has 73 heavy (non-hydrogen) atoms. The van der Waals surface area contributed by atoms with Crippen molar-refractivity contribution in [2.24, 2.45) is 0 Å². The Hall–Kier alpha value is -9.30. The van der Waals surface area contributed by atoms with E-state index in [0.717, 1.165) is 65.7 Å². The fraction of sp³-hybridized carbons (Fsp3) is 0.0278. The van der Waals surface area contributed by atoms with Crippen molar-refractivity contribution in [2.75, 3.05) is 4.90 Å². The Labute approximate surface area is 458 Å². The van der Waals surface area contributed by atoms with E-state index in [1.54, 1.807) is 12.1 Å². The van der Waals surface area contributed by atoms with Gasteiger partial charge in [0, 0.05) is 17.1 Å². The average molecular weight is 950 g/mol. The Morgan fingerprint density at radius 1 is 0.301 bits per heavy atom. The second-order valence-electron chi connectivity index (χ2n) is 17.8. The van der Waals surface area contributed by atoms with Crippen LogP contribution in [0.25, 0.3) is 55.3 Å². The molecule has 0 spiro atoms. The molecule has 0 saturated carbocycles. The second kappa shape index (κ2) is 17.2. The number of hydrogen-bond acceptors (Lipinski definition) is 1. The molecule has 0 radical (unpaired) electrons. The quantitative estimate of drug-likeness (QED) is 0.139. The minimum Gasteiger partial charge on any atom is -0.310 e.